The van der Waals surface area contributed by atoms with Gasteiger partial charge in [0.05, 0.1) is 11.3 Å². The van der Waals surface area contributed by atoms with Gasteiger partial charge in [-0.15, -0.1) is 0 Å². The maximum atomic E-state index is 10.8. The fourth-order valence-electron chi connectivity index (χ4n) is 4.24. The first-order valence-corrected chi connectivity index (χ1v) is 7.90. The Balaban J connectivity index is 1.73. The number of likely N-dealkylation sites (tertiary alicyclic amines) is 1. The summed E-state index contributed by atoms with van der Waals surface area (Å²) in [7, 11) is 0. The van der Waals surface area contributed by atoms with E-state index in [-0.39, 0.29) is 0 Å². The molecule has 1 aliphatic heterocycles. The predicted molar refractivity (Wildman–Crippen MR) is 77.3 cm³/mol. The highest BCUT2D eigenvalue weighted by Gasteiger charge is 2.47. The highest BCUT2D eigenvalue weighted by Crippen LogP contribution is 2.44. The van der Waals surface area contributed by atoms with Crippen LogP contribution in [0.15, 0.2) is 4.52 Å². The lowest BCUT2D eigenvalue weighted by molar-refractivity contribution is -0.0613. The van der Waals surface area contributed by atoms with Crippen LogP contribution in [0.4, 0.5) is 0 Å². The summed E-state index contributed by atoms with van der Waals surface area (Å²) in [5.74, 6) is 2.04. The van der Waals surface area contributed by atoms with Crippen molar-refractivity contribution in [3.8, 4) is 0 Å². The summed E-state index contributed by atoms with van der Waals surface area (Å²) in [4.78, 5) is 2.48. The summed E-state index contributed by atoms with van der Waals surface area (Å²) in [5.41, 5.74) is 1.79. The van der Waals surface area contributed by atoms with Gasteiger partial charge in [0.15, 0.2) is 0 Å². The largest absolute Gasteiger partial charge is 0.390 e. The Morgan fingerprint density at radius 2 is 2.20 bits per heavy atom. The lowest BCUT2D eigenvalue weighted by Gasteiger charge is -2.40. The van der Waals surface area contributed by atoms with Crippen molar-refractivity contribution < 1.29 is 9.63 Å². The molecule has 20 heavy (non-hydrogen) atoms. The van der Waals surface area contributed by atoms with Gasteiger partial charge in [0.1, 0.15) is 5.76 Å². The van der Waals surface area contributed by atoms with Crippen LogP contribution < -0.4 is 0 Å². The number of aromatic nitrogens is 1. The number of hydrogen-bond acceptors (Lipinski definition) is 4. The first-order chi connectivity index (χ1) is 9.53. The zero-order valence-corrected chi connectivity index (χ0v) is 12.9. The third-order valence-corrected chi connectivity index (χ3v) is 5.57. The minimum atomic E-state index is -0.434. The molecule has 1 aromatic rings. The molecule has 1 aliphatic carbocycles. The van der Waals surface area contributed by atoms with Crippen LogP contribution in [-0.2, 0) is 6.54 Å². The summed E-state index contributed by atoms with van der Waals surface area (Å²) >= 11 is 0. The Labute approximate surface area is 121 Å². The van der Waals surface area contributed by atoms with Gasteiger partial charge < -0.3 is 9.63 Å². The molecular weight excluding hydrogens is 252 g/mol. The van der Waals surface area contributed by atoms with Crippen LogP contribution in [0, 0.1) is 25.7 Å². The molecule has 1 N–H and O–H groups in total. The summed E-state index contributed by atoms with van der Waals surface area (Å²) in [5, 5.41) is 14.9. The molecule has 3 rings (SSSR count). The van der Waals surface area contributed by atoms with Gasteiger partial charge in [-0.25, -0.2) is 0 Å². The third-order valence-electron chi connectivity index (χ3n) is 5.57. The molecular formula is C16H26N2O2. The molecule has 3 atom stereocenters. The van der Waals surface area contributed by atoms with Crippen molar-refractivity contribution >= 4 is 0 Å². The molecule has 0 bridgehead atoms. The second-order valence-electron chi connectivity index (χ2n) is 6.71. The van der Waals surface area contributed by atoms with Crippen LogP contribution in [0.25, 0.3) is 0 Å². The minimum absolute atomic E-state index is 0.434. The molecule has 0 amide bonds. The summed E-state index contributed by atoms with van der Waals surface area (Å²) in [6.07, 6.45) is 4.30. The van der Waals surface area contributed by atoms with Gasteiger partial charge in [-0.05, 0) is 39.0 Å². The van der Waals surface area contributed by atoms with Crippen molar-refractivity contribution in [2.75, 3.05) is 13.1 Å². The number of aryl methyl sites for hydroxylation is 2. The Bertz CT molecular complexity index is 465. The van der Waals surface area contributed by atoms with Crippen LogP contribution in [0.3, 0.4) is 0 Å². The Kier molecular flexibility index (Phi) is 3.63. The third kappa shape index (κ3) is 2.29. The highest BCUT2D eigenvalue weighted by atomic mass is 16.5. The van der Waals surface area contributed by atoms with Crippen LogP contribution >= 0.6 is 0 Å². The molecule has 1 saturated carbocycles. The first kappa shape index (κ1) is 14.1. The average molecular weight is 278 g/mol. The minimum Gasteiger partial charge on any atom is -0.390 e. The molecule has 1 aromatic heterocycles. The molecule has 0 aromatic carbocycles. The molecule has 2 heterocycles. The van der Waals surface area contributed by atoms with Gasteiger partial charge in [0.25, 0.3) is 0 Å². The van der Waals surface area contributed by atoms with Gasteiger partial charge in [0, 0.05) is 31.1 Å². The Morgan fingerprint density at radius 3 is 2.85 bits per heavy atom. The lowest BCUT2D eigenvalue weighted by atomic mass is 9.69. The van der Waals surface area contributed by atoms with Gasteiger partial charge in [0.2, 0.25) is 0 Å². The molecule has 0 unspecified atom stereocenters. The fraction of sp³-hybridized carbons (Fsp3) is 0.812. The summed E-state index contributed by atoms with van der Waals surface area (Å²) in [6, 6.07) is 0. The molecule has 1 saturated heterocycles. The number of nitrogens with zero attached hydrogens (tertiary/aromatic N) is 2. The van der Waals surface area contributed by atoms with Crippen molar-refractivity contribution in [1.82, 2.24) is 10.1 Å². The van der Waals surface area contributed by atoms with Gasteiger partial charge in [-0.1, -0.05) is 18.5 Å². The van der Waals surface area contributed by atoms with E-state index in [1.807, 2.05) is 13.8 Å². The van der Waals surface area contributed by atoms with E-state index in [9.17, 15) is 5.11 Å². The maximum Gasteiger partial charge on any atom is 0.138 e. The van der Waals surface area contributed by atoms with E-state index in [4.69, 9.17) is 4.52 Å². The van der Waals surface area contributed by atoms with Crippen molar-refractivity contribution in [2.45, 2.75) is 58.6 Å². The number of fused-ring (bicyclic) bond motifs is 1. The maximum absolute atomic E-state index is 10.8. The molecule has 2 aliphatic rings. The topological polar surface area (TPSA) is 49.5 Å². The summed E-state index contributed by atoms with van der Waals surface area (Å²) in [6.45, 7) is 9.15. The van der Waals surface area contributed by atoms with Gasteiger partial charge in [-0.3, -0.25) is 4.90 Å². The average Bonchev–Trinajstić information content (AvgIpc) is 2.98. The van der Waals surface area contributed by atoms with E-state index in [1.54, 1.807) is 0 Å². The summed E-state index contributed by atoms with van der Waals surface area (Å²) < 4.78 is 5.26. The van der Waals surface area contributed by atoms with Crippen LogP contribution in [-0.4, -0.2) is 33.9 Å². The van der Waals surface area contributed by atoms with Crippen LogP contribution in [0.1, 0.15) is 49.6 Å². The highest BCUT2D eigenvalue weighted by molar-refractivity contribution is 5.21. The van der Waals surface area contributed by atoms with Gasteiger partial charge in [-0.2, -0.15) is 0 Å². The monoisotopic (exact) mass is 278 g/mol. The first-order valence-electron chi connectivity index (χ1n) is 7.90. The van der Waals surface area contributed by atoms with Crippen LogP contribution in [0.2, 0.25) is 0 Å². The quantitative estimate of drug-likeness (QED) is 0.923. The number of aliphatic hydroxyl groups is 1. The van der Waals surface area contributed by atoms with E-state index in [0.717, 1.165) is 43.9 Å². The molecule has 0 spiro atoms. The molecule has 112 valence electrons. The van der Waals surface area contributed by atoms with E-state index >= 15 is 0 Å². The lowest BCUT2D eigenvalue weighted by Crippen LogP contribution is -2.44. The van der Waals surface area contributed by atoms with Gasteiger partial charge >= 0.3 is 0 Å². The predicted octanol–water partition coefficient (Wildman–Crippen LogP) is 2.66. The number of hydrogen-bond donors (Lipinski definition) is 1. The molecule has 4 heteroatoms. The Hall–Kier alpha value is -0.870. The van der Waals surface area contributed by atoms with E-state index in [1.165, 1.54) is 18.4 Å². The SMILES string of the molecule is CC[C@]1(O)CCC[C@H]2CN(Cc3c(C)noc3C)C[C@H]21. The van der Waals surface area contributed by atoms with Crippen molar-refractivity contribution in [1.29, 1.82) is 0 Å². The second kappa shape index (κ2) is 5.15. The zero-order chi connectivity index (χ0) is 14.3. The molecule has 2 fully saturated rings. The molecule has 0 radical (unpaired) electrons. The Morgan fingerprint density at radius 1 is 1.40 bits per heavy atom. The zero-order valence-electron chi connectivity index (χ0n) is 12.9. The second-order valence-corrected chi connectivity index (χ2v) is 6.71. The van der Waals surface area contributed by atoms with Crippen molar-refractivity contribution in [3.63, 3.8) is 0 Å². The standard InChI is InChI=1S/C16H26N2O2/c1-4-16(19)7-5-6-13-8-18(10-15(13)16)9-14-11(2)17-20-12(14)3/h13,15,19H,4-10H2,1-3H3/t13-,15+,16-/m0/s1. The molecule has 4 nitrogen and oxygen atoms in total. The van der Waals surface area contributed by atoms with Crippen LogP contribution in [0.5, 0.6) is 0 Å². The smallest absolute Gasteiger partial charge is 0.138 e. The normalized spacial score (nSPS) is 34.4. The van der Waals surface area contributed by atoms with E-state index < -0.39 is 5.60 Å². The number of rotatable bonds is 3. The van der Waals surface area contributed by atoms with Crippen molar-refractivity contribution in [2.24, 2.45) is 11.8 Å². The van der Waals surface area contributed by atoms with Crippen molar-refractivity contribution in [3.05, 3.63) is 17.0 Å². The fourth-order valence-corrected chi connectivity index (χ4v) is 4.24. The van der Waals surface area contributed by atoms with E-state index in [0.29, 0.717) is 11.8 Å². The van der Waals surface area contributed by atoms with E-state index in [2.05, 4.69) is 17.0 Å².